The van der Waals surface area contributed by atoms with E-state index in [1.165, 1.54) is 0 Å². The number of likely N-dealkylation sites (tertiary alicyclic amines) is 1. The first-order valence-corrected chi connectivity index (χ1v) is 6.54. The minimum absolute atomic E-state index is 0.0304. The molecule has 2 aliphatic rings. The summed E-state index contributed by atoms with van der Waals surface area (Å²) in [6.07, 6.45) is -2.19. The van der Waals surface area contributed by atoms with Crippen LogP contribution in [0.3, 0.4) is 0 Å². The van der Waals surface area contributed by atoms with Crippen LogP contribution >= 0.6 is 0 Å². The Morgan fingerprint density at radius 3 is 2.33 bits per heavy atom. The molecule has 2 aliphatic heterocycles. The fraction of sp³-hybridized carbons (Fsp3) is 0.917. The molecule has 1 atom stereocenters. The van der Waals surface area contributed by atoms with Gasteiger partial charge in [-0.3, -0.25) is 4.79 Å². The molecule has 18 heavy (non-hydrogen) atoms. The highest BCUT2D eigenvalue weighted by atomic mass is 19.4. The molecular formula is C12H19F3N2O. The fourth-order valence-corrected chi connectivity index (χ4v) is 2.75. The highest BCUT2D eigenvalue weighted by Crippen LogP contribution is 2.34. The van der Waals surface area contributed by atoms with E-state index >= 15 is 0 Å². The van der Waals surface area contributed by atoms with Crippen molar-refractivity contribution >= 4 is 5.91 Å². The van der Waals surface area contributed by atoms with Gasteiger partial charge in [0.2, 0.25) is 5.91 Å². The molecule has 0 aromatic carbocycles. The summed E-state index contributed by atoms with van der Waals surface area (Å²) in [5.74, 6) is -1.24. The lowest BCUT2D eigenvalue weighted by Crippen LogP contribution is -2.47. The predicted molar refractivity (Wildman–Crippen MR) is 61.0 cm³/mol. The van der Waals surface area contributed by atoms with E-state index in [0.717, 1.165) is 19.4 Å². The fourth-order valence-electron chi connectivity index (χ4n) is 2.75. The lowest BCUT2D eigenvalue weighted by molar-refractivity contribution is -0.187. The Balaban J connectivity index is 1.83. The number of amides is 1. The molecule has 2 heterocycles. The van der Waals surface area contributed by atoms with Gasteiger partial charge in [0.05, 0.1) is 11.8 Å². The van der Waals surface area contributed by atoms with Crippen LogP contribution in [0.2, 0.25) is 0 Å². The summed E-state index contributed by atoms with van der Waals surface area (Å²) in [4.78, 5) is 13.7. The molecule has 1 unspecified atom stereocenters. The topological polar surface area (TPSA) is 32.3 Å². The van der Waals surface area contributed by atoms with Gasteiger partial charge in [-0.25, -0.2) is 0 Å². The van der Waals surface area contributed by atoms with Crippen molar-refractivity contribution in [2.24, 2.45) is 11.8 Å². The molecule has 6 heteroatoms. The Bertz CT molecular complexity index is 292. The van der Waals surface area contributed by atoms with Gasteiger partial charge in [0.25, 0.3) is 0 Å². The zero-order chi connectivity index (χ0) is 13.2. The van der Waals surface area contributed by atoms with Gasteiger partial charge in [0.15, 0.2) is 0 Å². The van der Waals surface area contributed by atoms with E-state index in [4.69, 9.17) is 0 Å². The number of nitrogens with one attached hydrogen (secondary N) is 1. The highest BCUT2D eigenvalue weighted by Gasteiger charge is 2.42. The van der Waals surface area contributed by atoms with Crippen LogP contribution < -0.4 is 5.32 Å². The summed E-state index contributed by atoms with van der Waals surface area (Å²) in [6.45, 7) is 2.09. The normalized spacial score (nSPS) is 27.3. The molecule has 0 bridgehead atoms. The first kappa shape index (κ1) is 13.6. The van der Waals surface area contributed by atoms with Crippen LogP contribution in [0.25, 0.3) is 0 Å². The molecule has 2 saturated heterocycles. The van der Waals surface area contributed by atoms with Crippen molar-refractivity contribution in [3.63, 3.8) is 0 Å². The number of hydrogen-bond donors (Lipinski definition) is 1. The van der Waals surface area contributed by atoms with Gasteiger partial charge in [-0.05, 0) is 32.2 Å². The summed E-state index contributed by atoms with van der Waals surface area (Å²) >= 11 is 0. The average Bonchev–Trinajstić information content (AvgIpc) is 2.38. The number of carbonyl (C=O) groups excluding carboxylic acids is 1. The van der Waals surface area contributed by atoms with Crippen LogP contribution in [0.15, 0.2) is 0 Å². The van der Waals surface area contributed by atoms with Gasteiger partial charge in [0.1, 0.15) is 0 Å². The number of hydrogen-bond acceptors (Lipinski definition) is 2. The van der Waals surface area contributed by atoms with E-state index in [0.29, 0.717) is 6.54 Å². The number of rotatable bonds is 1. The Labute approximate surface area is 105 Å². The van der Waals surface area contributed by atoms with Gasteiger partial charge in [0, 0.05) is 19.6 Å². The Hall–Kier alpha value is -0.780. The monoisotopic (exact) mass is 264 g/mol. The van der Waals surface area contributed by atoms with Gasteiger partial charge in [-0.1, -0.05) is 0 Å². The van der Waals surface area contributed by atoms with Crippen LogP contribution in [0.5, 0.6) is 0 Å². The van der Waals surface area contributed by atoms with Crippen LogP contribution in [0.1, 0.15) is 25.7 Å². The minimum atomic E-state index is -4.11. The number of carbonyl (C=O) groups is 1. The van der Waals surface area contributed by atoms with Crippen LogP contribution in [0, 0.1) is 11.8 Å². The molecule has 0 radical (unpaired) electrons. The molecule has 0 saturated carbocycles. The van der Waals surface area contributed by atoms with Crippen molar-refractivity contribution in [2.45, 2.75) is 31.9 Å². The maximum atomic E-state index is 12.5. The second-order valence-electron chi connectivity index (χ2n) is 5.18. The van der Waals surface area contributed by atoms with E-state index in [9.17, 15) is 18.0 Å². The third-order valence-corrected chi connectivity index (χ3v) is 3.92. The van der Waals surface area contributed by atoms with Crippen LogP contribution in [-0.2, 0) is 4.79 Å². The number of piperidine rings is 2. The number of halogens is 3. The van der Waals surface area contributed by atoms with Gasteiger partial charge < -0.3 is 10.2 Å². The first-order chi connectivity index (χ1) is 8.48. The van der Waals surface area contributed by atoms with E-state index in [-0.39, 0.29) is 37.8 Å². The van der Waals surface area contributed by atoms with Gasteiger partial charge >= 0.3 is 6.18 Å². The van der Waals surface area contributed by atoms with Crippen molar-refractivity contribution in [3.8, 4) is 0 Å². The third-order valence-electron chi connectivity index (χ3n) is 3.92. The predicted octanol–water partition coefficient (Wildman–Crippen LogP) is 1.79. The van der Waals surface area contributed by atoms with Crippen LogP contribution in [0.4, 0.5) is 13.2 Å². The molecular weight excluding hydrogens is 245 g/mol. The number of alkyl halides is 3. The zero-order valence-electron chi connectivity index (χ0n) is 10.3. The molecule has 1 N–H and O–H groups in total. The average molecular weight is 264 g/mol. The summed E-state index contributed by atoms with van der Waals surface area (Å²) in [5, 5.41) is 3.16. The van der Waals surface area contributed by atoms with E-state index in [2.05, 4.69) is 5.32 Å². The van der Waals surface area contributed by atoms with Crippen molar-refractivity contribution in [2.75, 3.05) is 26.2 Å². The standard InChI is InChI=1S/C12H19F3N2O/c13-12(14,15)10-3-6-17(7-4-10)11(18)9-2-1-5-16-8-9/h9-10,16H,1-8H2. The zero-order valence-corrected chi connectivity index (χ0v) is 10.3. The lowest BCUT2D eigenvalue weighted by atomic mass is 9.93. The number of nitrogens with zero attached hydrogens (tertiary/aromatic N) is 1. The molecule has 0 aromatic rings. The largest absolute Gasteiger partial charge is 0.391 e. The molecule has 0 spiro atoms. The first-order valence-electron chi connectivity index (χ1n) is 6.54. The van der Waals surface area contributed by atoms with Crippen molar-refractivity contribution < 1.29 is 18.0 Å². The summed E-state index contributed by atoms with van der Waals surface area (Å²) in [7, 11) is 0. The Kier molecular flexibility index (Phi) is 4.14. The molecule has 1 amide bonds. The smallest absolute Gasteiger partial charge is 0.342 e. The van der Waals surface area contributed by atoms with E-state index in [1.54, 1.807) is 4.90 Å². The second kappa shape index (κ2) is 5.47. The minimum Gasteiger partial charge on any atom is -0.342 e. The van der Waals surface area contributed by atoms with Crippen molar-refractivity contribution in [3.05, 3.63) is 0 Å². The molecule has 0 aliphatic carbocycles. The van der Waals surface area contributed by atoms with Gasteiger partial charge in [-0.15, -0.1) is 0 Å². The SMILES string of the molecule is O=C(C1CCCNC1)N1CCC(C(F)(F)F)CC1. The maximum absolute atomic E-state index is 12.5. The molecule has 2 rings (SSSR count). The lowest BCUT2D eigenvalue weighted by Gasteiger charge is -2.35. The Morgan fingerprint density at radius 1 is 1.17 bits per heavy atom. The van der Waals surface area contributed by atoms with E-state index < -0.39 is 12.1 Å². The van der Waals surface area contributed by atoms with Crippen molar-refractivity contribution in [1.29, 1.82) is 0 Å². The molecule has 3 nitrogen and oxygen atoms in total. The molecule has 0 aromatic heterocycles. The maximum Gasteiger partial charge on any atom is 0.391 e. The summed E-state index contributed by atoms with van der Waals surface area (Å²) < 4.78 is 37.5. The van der Waals surface area contributed by atoms with E-state index in [1.807, 2.05) is 0 Å². The molecule has 2 fully saturated rings. The summed E-state index contributed by atoms with van der Waals surface area (Å²) in [5.41, 5.74) is 0. The van der Waals surface area contributed by atoms with Gasteiger partial charge in [-0.2, -0.15) is 13.2 Å². The molecule has 104 valence electrons. The quantitative estimate of drug-likeness (QED) is 0.783. The summed E-state index contributed by atoms with van der Waals surface area (Å²) in [6, 6.07) is 0. The second-order valence-corrected chi connectivity index (χ2v) is 5.18. The van der Waals surface area contributed by atoms with Crippen molar-refractivity contribution in [1.82, 2.24) is 10.2 Å². The third kappa shape index (κ3) is 3.16. The van der Waals surface area contributed by atoms with Crippen LogP contribution in [-0.4, -0.2) is 43.2 Å². The highest BCUT2D eigenvalue weighted by molar-refractivity contribution is 5.79. The Morgan fingerprint density at radius 2 is 1.83 bits per heavy atom.